The Morgan fingerprint density at radius 3 is 2.86 bits per heavy atom. The second-order valence-electron chi connectivity index (χ2n) is 5.61. The molecule has 5 nitrogen and oxygen atoms in total. The minimum atomic E-state index is -0.676. The van der Waals surface area contributed by atoms with E-state index in [0.29, 0.717) is 25.4 Å². The molecule has 6 heteroatoms. The lowest BCUT2D eigenvalue weighted by molar-refractivity contribution is -0.0406. The van der Waals surface area contributed by atoms with E-state index in [-0.39, 0.29) is 0 Å². The van der Waals surface area contributed by atoms with Crippen LogP contribution in [-0.2, 0) is 6.54 Å². The van der Waals surface area contributed by atoms with Gasteiger partial charge in [-0.2, -0.15) is 0 Å². The number of aryl methyl sites for hydroxylation is 2. The molecule has 2 N–H and O–H groups in total. The van der Waals surface area contributed by atoms with E-state index in [1.165, 1.54) is 5.56 Å². The fourth-order valence-electron chi connectivity index (χ4n) is 2.60. The molecule has 21 heavy (non-hydrogen) atoms. The highest BCUT2D eigenvalue weighted by Crippen LogP contribution is 2.30. The lowest BCUT2D eigenvalue weighted by atomic mass is 10.1. The molecule has 3 rings (SSSR count). The maximum atomic E-state index is 9.75. The number of nitrogens with zero attached hydrogens (tertiary/aromatic N) is 2. The summed E-state index contributed by atoms with van der Waals surface area (Å²) < 4.78 is 5.79. The minimum Gasteiger partial charge on any atom is -0.440 e. The first-order valence-electron chi connectivity index (χ1n) is 7.14. The zero-order chi connectivity index (χ0) is 15.0. The van der Waals surface area contributed by atoms with E-state index in [4.69, 9.17) is 4.42 Å². The highest BCUT2D eigenvalue weighted by atomic mass is 32.1. The maximum absolute atomic E-state index is 9.75. The summed E-state index contributed by atoms with van der Waals surface area (Å²) in [6.07, 6.45) is -0.691. The highest BCUT2D eigenvalue weighted by molar-refractivity contribution is 7.13. The van der Waals surface area contributed by atoms with Crippen molar-refractivity contribution >= 4 is 11.3 Å². The molecule has 0 unspecified atom stereocenters. The summed E-state index contributed by atoms with van der Waals surface area (Å²) in [6, 6.07) is 2.06. The Hall–Kier alpha value is -1.21. The van der Waals surface area contributed by atoms with Crippen molar-refractivity contribution in [2.45, 2.75) is 39.0 Å². The van der Waals surface area contributed by atoms with Crippen molar-refractivity contribution in [3.63, 3.8) is 0 Å². The Morgan fingerprint density at radius 2 is 2.19 bits per heavy atom. The minimum absolute atomic E-state index is 0.473. The first-order chi connectivity index (χ1) is 10.0. The number of hydrogen-bond donors (Lipinski definition) is 2. The fraction of sp³-hybridized carbons (Fsp3) is 0.533. The molecule has 2 aromatic heterocycles. The van der Waals surface area contributed by atoms with Crippen LogP contribution in [0.3, 0.4) is 0 Å². The van der Waals surface area contributed by atoms with Gasteiger partial charge in [-0.25, -0.2) is 4.98 Å². The Labute approximate surface area is 127 Å². The van der Waals surface area contributed by atoms with Gasteiger partial charge in [-0.15, -0.1) is 11.3 Å². The van der Waals surface area contributed by atoms with E-state index < -0.39 is 12.2 Å². The summed E-state index contributed by atoms with van der Waals surface area (Å²) in [7, 11) is 0. The molecular weight excluding hydrogens is 288 g/mol. The van der Waals surface area contributed by atoms with Gasteiger partial charge >= 0.3 is 0 Å². The number of thiophene rings is 1. The Balaban J connectivity index is 1.75. The molecule has 0 aliphatic carbocycles. The standard InChI is InChI=1S/C15H20N2O3S/c1-9-4-6-21-14(9)15-16-11(10(2)20-15)7-17-5-3-12(18)13(19)8-17/h4,6,12-13,18-19H,3,5,7-8H2,1-2H3/t12-,13-/m0/s1. The smallest absolute Gasteiger partial charge is 0.237 e. The van der Waals surface area contributed by atoms with Gasteiger partial charge in [0.15, 0.2) is 0 Å². The van der Waals surface area contributed by atoms with Crippen LogP contribution in [-0.4, -0.2) is 45.4 Å². The van der Waals surface area contributed by atoms with Crippen LogP contribution < -0.4 is 0 Å². The van der Waals surface area contributed by atoms with Gasteiger partial charge in [-0.3, -0.25) is 4.90 Å². The molecule has 0 amide bonds. The second kappa shape index (κ2) is 5.88. The highest BCUT2D eigenvalue weighted by Gasteiger charge is 2.27. The van der Waals surface area contributed by atoms with Gasteiger partial charge in [0, 0.05) is 19.6 Å². The molecule has 2 atom stereocenters. The number of oxazole rings is 1. The number of β-amino-alcohol motifs (C(OH)–C–C–N with tert-alkyl or cyclic N) is 1. The zero-order valence-corrected chi connectivity index (χ0v) is 13.1. The molecule has 1 aliphatic rings. The van der Waals surface area contributed by atoms with Crippen LogP contribution in [0.1, 0.15) is 23.4 Å². The van der Waals surface area contributed by atoms with Crippen LogP contribution in [0.25, 0.3) is 10.8 Å². The van der Waals surface area contributed by atoms with Crippen LogP contribution in [0.15, 0.2) is 15.9 Å². The van der Waals surface area contributed by atoms with Crippen LogP contribution in [0.2, 0.25) is 0 Å². The van der Waals surface area contributed by atoms with Gasteiger partial charge in [0.2, 0.25) is 5.89 Å². The summed E-state index contributed by atoms with van der Waals surface area (Å²) in [6.45, 7) is 5.85. The summed E-state index contributed by atoms with van der Waals surface area (Å²) in [5, 5.41) is 21.4. The Kier molecular flexibility index (Phi) is 4.12. The van der Waals surface area contributed by atoms with E-state index in [2.05, 4.69) is 16.0 Å². The van der Waals surface area contributed by atoms with E-state index in [1.54, 1.807) is 11.3 Å². The monoisotopic (exact) mass is 308 g/mol. The quantitative estimate of drug-likeness (QED) is 0.907. The Morgan fingerprint density at radius 1 is 1.38 bits per heavy atom. The van der Waals surface area contributed by atoms with E-state index in [1.807, 2.05) is 19.2 Å². The van der Waals surface area contributed by atoms with Gasteiger partial charge in [0.05, 0.1) is 22.8 Å². The van der Waals surface area contributed by atoms with Crippen LogP contribution >= 0.6 is 11.3 Å². The molecule has 0 aromatic carbocycles. The maximum Gasteiger partial charge on any atom is 0.237 e. The predicted molar refractivity (Wildman–Crippen MR) is 81.2 cm³/mol. The van der Waals surface area contributed by atoms with Gasteiger partial charge in [0.25, 0.3) is 0 Å². The topological polar surface area (TPSA) is 69.7 Å². The molecule has 114 valence electrons. The van der Waals surface area contributed by atoms with Crippen molar-refractivity contribution in [1.29, 1.82) is 0 Å². The average molecular weight is 308 g/mol. The van der Waals surface area contributed by atoms with E-state index in [0.717, 1.165) is 22.9 Å². The number of rotatable bonds is 3. The molecule has 0 bridgehead atoms. The SMILES string of the molecule is Cc1ccsc1-c1nc(CN2CC[C@H](O)[C@@H](O)C2)c(C)o1. The molecule has 1 aliphatic heterocycles. The number of likely N-dealkylation sites (tertiary alicyclic amines) is 1. The number of aliphatic hydroxyl groups excluding tert-OH is 2. The summed E-state index contributed by atoms with van der Waals surface area (Å²) in [5.41, 5.74) is 2.07. The number of aromatic nitrogens is 1. The van der Waals surface area contributed by atoms with Gasteiger partial charge in [-0.05, 0) is 37.3 Å². The molecule has 2 aromatic rings. The Bertz CT molecular complexity index is 622. The van der Waals surface area contributed by atoms with E-state index >= 15 is 0 Å². The van der Waals surface area contributed by atoms with Gasteiger partial charge < -0.3 is 14.6 Å². The lowest BCUT2D eigenvalue weighted by Gasteiger charge is -2.32. The van der Waals surface area contributed by atoms with Crippen molar-refractivity contribution in [1.82, 2.24) is 9.88 Å². The molecular formula is C15H20N2O3S. The van der Waals surface area contributed by atoms with Crippen molar-refractivity contribution in [2.75, 3.05) is 13.1 Å². The van der Waals surface area contributed by atoms with E-state index in [9.17, 15) is 10.2 Å². The average Bonchev–Trinajstić information content (AvgIpc) is 3.01. The van der Waals surface area contributed by atoms with Gasteiger partial charge in [-0.1, -0.05) is 0 Å². The summed E-state index contributed by atoms with van der Waals surface area (Å²) in [5.74, 6) is 1.49. The van der Waals surface area contributed by atoms with Crippen LogP contribution in [0, 0.1) is 13.8 Å². The molecule has 0 saturated carbocycles. The molecule has 1 saturated heterocycles. The molecule has 0 spiro atoms. The first kappa shape index (κ1) is 14.7. The summed E-state index contributed by atoms with van der Waals surface area (Å²) >= 11 is 1.63. The van der Waals surface area contributed by atoms with Crippen molar-refractivity contribution in [2.24, 2.45) is 0 Å². The third-order valence-electron chi connectivity index (χ3n) is 3.95. The summed E-state index contributed by atoms with van der Waals surface area (Å²) in [4.78, 5) is 7.78. The predicted octanol–water partition coefficient (Wildman–Crippen LogP) is 1.95. The van der Waals surface area contributed by atoms with Crippen molar-refractivity contribution in [3.05, 3.63) is 28.5 Å². The fourth-order valence-corrected chi connectivity index (χ4v) is 3.45. The molecule has 3 heterocycles. The van der Waals surface area contributed by atoms with Crippen molar-refractivity contribution < 1.29 is 14.6 Å². The normalized spacial score (nSPS) is 23.6. The van der Waals surface area contributed by atoms with Crippen LogP contribution in [0.5, 0.6) is 0 Å². The van der Waals surface area contributed by atoms with Crippen molar-refractivity contribution in [3.8, 4) is 10.8 Å². The molecule has 0 radical (unpaired) electrons. The number of piperidine rings is 1. The number of hydrogen-bond acceptors (Lipinski definition) is 6. The second-order valence-corrected chi connectivity index (χ2v) is 6.53. The lowest BCUT2D eigenvalue weighted by Crippen LogP contribution is -2.46. The molecule has 1 fully saturated rings. The van der Waals surface area contributed by atoms with Gasteiger partial charge in [0.1, 0.15) is 5.76 Å². The zero-order valence-electron chi connectivity index (χ0n) is 12.2. The van der Waals surface area contributed by atoms with Crippen LogP contribution in [0.4, 0.5) is 0 Å². The third-order valence-corrected chi connectivity index (χ3v) is 4.96. The number of aliphatic hydroxyl groups is 2. The first-order valence-corrected chi connectivity index (χ1v) is 8.02. The third kappa shape index (κ3) is 3.03. The largest absolute Gasteiger partial charge is 0.440 e.